The molecule has 0 bridgehead atoms. The Hall–Kier alpha value is -1.68. The number of hydrogen-bond acceptors (Lipinski definition) is 3. The summed E-state index contributed by atoms with van der Waals surface area (Å²) in [5.41, 5.74) is 0.564. The van der Waals surface area contributed by atoms with Crippen LogP contribution >= 0.6 is 11.6 Å². The van der Waals surface area contributed by atoms with Crippen molar-refractivity contribution in [1.82, 2.24) is 0 Å². The van der Waals surface area contributed by atoms with Crippen LogP contribution in [0.1, 0.15) is 12.5 Å². The molecule has 1 aromatic carbocycles. The fourth-order valence-corrected chi connectivity index (χ4v) is 1.48. The Kier molecular flexibility index (Phi) is 4.84. The molecule has 0 heterocycles. The lowest BCUT2D eigenvalue weighted by molar-refractivity contribution is -0.131. The van der Waals surface area contributed by atoms with Gasteiger partial charge >= 0.3 is 5.97 Å². The Morgan fingerprint density at radius 3 is 2.71 bits per heavy atom. The summed E-state index contributed by atoms with van der Waals surface area (Å²) in [5.74, 6) is 0.0164. The number of rotatable bonds is 5. The normalized spacial score (nSPS) is 10.5. The van der Waals surface area contributed by atoms with Crippen molar-refractivity contribution in [2.24, 2.45) is 0 Å². The first-order valence-corrected chi connectivity index (χ1v) is 5.37. The van der Waals surface area contributed by atoms with Crippen molar-refractivity contribution in [3.63, 3.8) is 0 Å². The lowest BCUT2D eigenvalue weighted by Gasteiger charge is -2.11. The molecule has 1 aromatic rings. The van der Waals surface area contributed by atoms with Gasteiger partial charge in [0.15, 0.2) is 11.5 Å². The lowest BCUT2D eigenvalue weighted by Crippen LogP contribution is -1.96. The highest BCUT2D eigenvalue weighted by Crippen LogP contribution is 2.33. The number of ether oxygens (including phenoxy) is 2. The Balaban J connectivity index is 3.12. The molecule has 0 spiro atoms. The third kappa shape index (κ3) is 3.67. The first kappa shape index (κ1) is 13.4. The molecule has 4 nitrogen and oxygen atoms in total. The second-order valence-corrected chi connectivity index (χ2v) is 3.54. The molecule has 0 saturated heterocycles. The minimum absolute atomic E-state index is 0.409. The van der Waals surface area contributed by atoms with Gasteiger partial charge in [0, 0.05) is 12.1 Å². The summed E-state index contributed by atoms with van der Waals surface area (Å²) in [6, 6.07) is 3.23. The Morgan fingerprint density at radius 1 is 1.47 bits per heavy atom. The highest BCUT2D eigenvalue weighted by molar-refractivity contribution is 6.32. The Bertz CT molecular complexity index is 440. The average molecular weight is 257 g/mol. The van der Waals surface area contributed by atoms with E-state index in [1.807, 2.05) is 6.92 Å². The average Bonchev–Trinajstić information content (AvgIpc) is 2.28. The molecule has 0 unspecified atom stereocenters. The van der Waals surface area contributed by atoms with Crippen LogP contribution in [-0.4, -0.2) is 24.8 Å². The van der Waals surface area contributed by atoms with Crippen molar-refractivity contribution in [1.29, 1.82) is 0 Å². The number of carboxylic acids is 1. The van der Waals surface area contributed by atoms with Gasteiger partial charge in [-0.25, -0.2) is 4.79 Å². The number of carbonyl (C=O) groups is 1. The van der Waals surface area contributed by atoms with E-state index in [2.05, 4.69) is 0 Å². The van der Waals surface area contributed by atoms with E-state index in [4.69, 9.17) is 26.2 Å². The molecular formula is C12H13ClO4. The molecule has 17 heavy (non-hydrogen) atoms. The van der Waals surface area contributed by atoms with Gasteiger partial charge in [-0.15, -0.1) is 0 Å². The van der Waals surface area contributed by atoms with E-state index >= 15 is 0 Å². The summed E-state index contributed by atoms with van der Waals surface area (Å²) in [5, 5.41) is 8.95. The van der Waals surface area contributed by atoms with Crippen LogP contribution in [0.4, 0.5) is 0 Å². The predicted octanol–water partition coefficient (Wildman–Crippen LogP) is 2.85. The van der Waals surface area contributed by atoms with Crippen LogP contribution in [0, 0.1) is 0 Å². The zero-order valence-corrected chi connectivity index (χ0v) is 10.3. The molecule has 0 aliphatic heterocycles. The number of benzene rings is 1. The maximum atomic E-state index is 10.4. The monoisotopic (exact) mass is 256 g/mol. The zero-order chi connectivity index (χ0) is 12.8. The minimum atomic E-state index is -1.03. The number of halogens is 1. The van der Waals surface area contributed by atoms with Crippen molar-refractivity contribution in [3.05, 3.63) is 28.8 Å². The van der Waals surface area contributed by atoms with Crippen LogP contribution in [0.25, 0.3) is 6.08 Å². The topological polar surface area (TPSA) is 55.8 Å². The summed E-state index contributed by atoms with van der Waals surface area (Å²) >= 11 is 6.00. The van der Waals surface area contributed by atoms with Gasteiger partial charge in [-0.1, -0.05) is 11.6 Å². The van der Waals surface area contributed by atoms with Gasteiger partial charge in [-0.3, -0.25) is 0 Å². The first-order chi connectivity index (χ1) is 8.08. The molecule has 0 fully saturated rings. The molecule has 0 aromatic heterocycles. The first-order valence-electron chi connectivity index (χ1n) is 4.99. The third-order valence-electron chi connectivity index (χ3n) is 1.99. The van der Waals surface area contributed by atoms with E-state index in [-0.39, 0.29) is 0 Å². The van der Waals surface area contributed by atoms with Crippen LogP contribution in [0.3, 0.4) is 0 Å². The predicted molar refractivity (Wildman–Crippen MR) is 65.8 cm³/mol. The van der Waals surface area contributed by atoms with Crippen molar-refractivity contribution in [2.75, 3.05) is 13.7 Å². The fraction of sp³-hybridized carbons (Fsp3) is 0.250. The largest absolute Gasteiger partial charge is 0.493 e. The molecular weight excluding hydrogens is 244 g/mol. The van der Waals surface area contributed by atoms with Crippen molar-refractivity contribution >= 4 is 23.6 Å². The van der Waals surface area contributed by atoms with Gasteiger partial charge in [0.1, 0.15) is 0 Å². The van der Waals surface area contributed by atoms with E-state index in [0.717, 1.165) is 6.08 Å². The number of hydrogen-bond donors (Lipinski definition) is 1. The number of methoxy groups -OCH3 is 1. The van der Waals surface area contributed by atoms with Crippen LogP contribution in [0.15, 0.2) is 18.2 Å². The summed E-state index contributed by atoms with van der Waals surface area (Å²) in [7, 11) is 1.51. The second-order valence-electron chi connectivity index (χ2n) is 3.13. The summed E-state index contributed by atoms with van der Waals surface area (Å²) in [4.78, 5) is 10.4. The molecule has 1 rings (SSSR count). The highest BCUT2D eigenvalue weighted by atomic mass is 35.5. The van der Waals surface area contributed by atoms with Crippen molar-refractivity contribution in [2.45, 2.75) is 6.92 Å². The molecule has 0 atom stereocenters. The molecule has 0 aliphatic carbocycles. The Labute approximate surface area is 104 Å². The van der Waals surface area contributed by atoms with E-state index in [9.17, 15) is 4.79 Å². The van der Waals surface area contributed by atoms with Gasteiger partial charge in [-0.05, 0) is 24.6 Å². The molecule has 0 saturated carbocycles. The standard InChI is InChI=1S/C12H13ClO4/c1-3-17-11-7-9(13)8(4-5-12(14)15)6-10(11)16-2/h4-7H,3H2,1-2H3,(H,14,15)/b5-4+. The van der Waals surface area contributed by atoms with Crippen LogP contribution < -0.4 is 9.47 Å². The van der Waals surface area contributed by atoms with Crippen LogP contribution in [-0.2, 0) is 4.79 Å². The number of carboxylic acid groups (broad SMARTS) is 1. The van der Waals surface area contributed by atoms with Gasteiger partial charge < -0.3 is 14.6 Å². The molecule has 0 aliphatic rings. The quantitative estimate of drug-likeness (QED) is 0.823. The summed E-state index contributed by atoms with van der Waals surface area (Å²) in [6.45, 7) is 2.35. The maximum absolute atomic E-state index is 10.4. The summed E-state index contributed by atoms with van der Waals surface area (Å²) in [6.07, 6.45) is 2.42. The van der Waals surface area contributed by atoms with Gasteiger partial charge in [0.05, 0.1) is 18.7 Å². The van der Waals surface area contributed by atoms with Crippen molar-refractivity contribution in [3.8, 4) is 11.5 Å². The maximum Gasteiger partial charge on any atom is 0.328 e. The fourth-order valence-electron chi connectivity index (χ4n) is 1.27. The molecule has 0 radical (unpaired) electrons. The molecule has 1 N–H and O–H groups in total. The summed E-state index contributed by atoms with van der Waals surface area (Å²) < 4.78 is 10.5. The van der Waals surface area contributed by atoms with Crippen LogP contribution in [0.5, 0.6) is 11.5 Å². The van der Waals surface area contributed by atoms with E-state index in [0.29, 0.717) is 28.7 Å². The van der Waals surface area contributed by atoms with Crippen LogP contribution in [0.2, 0.25) is 5.02 Å². The third-order valence-corrected chi connectivity index (χ3v) is 2.32. The van der Waals surface area contributed by atoms with Gasteiger partial charge in [0.25, 0.3) is 0 Å². The molecule has 92 valence electrons. The second kappa shape index (κ2) is 6.15. The van der Waals surface area contributed by atoms with E-state index in [1.54, 1.807) is 12.1 Å². The van der Waals surface area contributed by atoms with E-state index < -0.39 is 5.97 Å². The number of aliphatic carboxylic acids is 1. The lowest BCUT2D eigenvalue weighted by atomic mass is 10.2. The smallest absolute Gasteiger partial charge is 0.328 e. The van der Waals surface area contributed by atoms with E-state index in [1.165, 1.54) is 13.2 Å². The van der Waals surface area contributed by atoms with Crippen molar-refractivity contribution < 1.29 is 19.4 Å². The Morgan fingerprint density at radius 2 is 2.18 bits per heavy atom. The zero-order valence-electron chi connectivity index (χ0n) is 9.57. The van der Waals surface area contributed by atoms with Gasteiger partial charge in [0.2, 0.25) is 0 Å². The molecule has 5 heteroatoms. The highest BCUT2D eigenvalue weighted by Gasteiger charge is 2.08. The minimum Gasteiger partial charge on any atom is -0.493 e. The molecule has 0 amide bonds. The SMILES string of the molecule is CCOc1cc(Cl)c(/C=C/C(=O)O)cc1OC. The van der Waals surface area contributed by atoms with Gasteiger partial charge in [-0.2, -0.15) is 0 Å².